The fourth-order valence-electron chi connectivity index (χ4n) is 1.16. The van der Waals surface area contributed by atoms with Gasteiger partial charge in [-0.1, -0.05) is 0 Å². The van der Waals surface area contributed by atoms with Gasteiger partial charge in [-0.25, -0.2) is 0 Å². The predicted octanol–water partition coefficient (Wildman–Crippen LogP) is -1.86. The van der Waals surface area contributed by atoms with Gasteiger partial charge in [0.15, 0.2) is 0 Å². The molecule has 0 bridgehead atoms. The van der Waals surface area contributed by atoms with Crippen LogP contribution in [0.1, 0.15) is 12.8 Å². The first-order valence-electron chi connectivity index (χ1n) is 3.48. The third kappa shape index (κ3) is 3.02. The SMILES string of the molecule is O=C(O)C1CCN([I-]I)CC1. The number of carboxylic acid groups (broad SMARTS) is 1. The molecule has 1 N–H and O–H groups in total. The molecular weight excluding hydrogens is 372 g/mol. The van der Waals surface area contributed by atoms with Crippen molar-refractivity contribution in [1.29, 1.82) is 0 Å². The van der Waals surface area contributed by atoms with Gasteiger partial charge in [-0.3, -0.25) is 0 Å². The number of hydrogen-bond donors (Lipinski definition) is 1. The van der Waals surface area contributed by atoms with Gasteiger partial charge < -0.3 is 0 Å². The van der Waals surface area contributed by atoms with Crippen LogP contribution in [0.3, 0.4) is 0 Å². The van der Waals surface area contributed by atoms with Gasteiger partial charge in [0.05, 0.1) is 0 Å². The first-order chi connectivity index (χ1) is 5.24. The average molecular weight is 382 g/mol. The molecule has 0 aromatic heterocycles. The van der Waals surface area contributed by atoms with Crippen LogP contribution in [0.15, 0.2) is 0 Å². The van der Waals surface area contributed by atoms with Crippen molar-refractivity contribution in [3.63, 3.8) is 0 Å². The molecule has 1 fully saturated rings. The Bertz CT molecular complexity index is 146. The molecule has 0 aliphatic carbocycles. The van der Waals surface area contributed by atoms with Crippen LogP contribution in [-0.2, 0) is 4.79 Å². The molecule has 1 saturated heterocycles. The molecule has 11 heavy (non-hydrogen) atoms. The van der Waals surface area contributed by atoms with E-state index in [1.807, 2.05) is 0 Å². The number of nitrogens with zero attached hydrogens (tertiary/aromatic N) is 1. The molecule has 0 unspecified atom stereocenters. The first-order valence-corrected chi connectivity index (χ1v) is 10.7. The third-order valence-corrected chi connectivity index (χ3v) is 6.82. The molecule has 1 aliphatic rings. The second kappa shape index (κ2) is 4.80. The molecule has 5 heteroatoms. The summed E-state index contributed by atoms with van der Waals surface area (Å²) in [4.78, 5) is 10.5. The Balaban J connectivity index is 2.30. The van der Waals surface area contributed by atoms with E-state index in [1.54, 1.807) is 0 Å². The second-order valence-corrected chi connectivity index (χ2v) is 6.76. The maximum absolute atomic E-state index is 10.5. The number of piperidine rings is 1. The van der Waals surface area contributed by atoms with Gasteiger partial charge in [0, 0.05) is 0 Å². The third-order valence-electron chi connectivity index (χ3n) is 1.88. The maximum atomic E-state index is 10.5. The number of aliphatic carboxylic acids is 1. The number of carboxylic acids is 1. The molecule has 1 heterocycles. The minimum atomic E-state index is -0.615. The standard InChI is InChI=1S/C6H10I2NO2/c7-8-9-3-1-5(2-4-9)6(10)11/h5H,1-4H2,(H,10,11)/q-1. The number of hydrogen-bond acceptors (Lipinski definition) is 2. The van der Waals surface area contributed by atoms with E-state index in [4.69, 9.17) is 5.11 Å². The zero-order valence-corrected chi connectivity index (χ0v) is 10.3. The van der Waals surface area contributed by atoms with Crippen LogP contribution in [0.25, 0.3) is 0 Å². The van der Waals surface area contributed by atoms with E-state index >= 15 is 0 Å². The Morgan fingerprint density at radius 2 is 2.09 bits per heavy atom. The fraction of sp³-hybridized carbons (Fsp3) is 0.833. The van der Waals surface area contributed by atoms with E-state index in [9.17, 15) is 4.79 Å². The molecule has 66 valence electrons. The zero-order chi connectivity index (χ0) is 8.27. The second-order valence-electron chi connectivity index (χ2n) is 2.59. The zero-order valence-electron chi connectivity index (χ0n) is 5.96. The predicted molar refractivity (Wildman–Crippen MR) is 46.0 cm³/mol. The summed E-state index contributed by atoms with van der Waals surface area (Å²) >= 11 is 2.58. The van der Waals surface area contributed by atoms with Crippen molar-refractivity contribution in [1.82, 2.24) is 3.11 Å². The summed E-state index contributed by atoms with van der Waals surface area (Å²) in [5.74, 6) is -0.686. The van der Waals surface area contributed by atoms with Gasteiger partial charge in [0.1, 0.15) is 0 Å². The monoisotopic (exact) mass is 382 g/mol. The molecule has 0 radical (unpaired) electrons. The number of rotatable bonds is 2. The summed E-state index contributed by atoms with van der Waals surface area (Å²) in [7, 11) is 0. The van der Waals surface area contributed by atoms with E-state index < -0.39 is 5.97 Å². The first kappa shape index (κ1) is 9.97. The molecule has 0 aromatic carbocycles. The summed E-state index contributed by atoms with van der Waals surface area (Å²) in [6.45, 7) is 1.99. The van der Waals surface area contributed by atoms with Crippen LogP contribution >= 0.6 is 18.6 Å². The summed E-state index contributed by atoms with van der Waals surface area (Å²) in [5, 5.41) is 8.69. The summed E-state index contributed by atoms with van der Waals surface area (Å²) < 4.78 is 2.39. The van der Waals surface area contributed by atoms with Crippen LogP contribution in [0.5, 0.6) is 0 Å². The summed E-state index contributed by atoms with van der Waals surface area (Å²) in [6, 6.07) is 0. The van der Waals surface area contributed by atoms with Crippen molar-refractivity contribution in [3.8, 4) is 0 Å². The van der Waals surface area contributed by atoms with Gasteiger partial charge in [0.2, 0.25) is 0 Å². The molecule has 3 nitrogen and oxygen atoms in total. The van der Waals surface area contributed by atoms with Gasteiger partial charge in [-0.15, -0.1) is 0 Å². The molecule has 1 rings (SSSR count). The van der Waals surface area contributed by atoms with Gasteiger partial charge in [-0.2, -0.15) is 0 Å². The van der Waals surface area contributed by atoms with Crippen molar-refractivity contribution in [3.05, 3.63) is 0 Å². The normalized spacial score (nSPS) is 22.3. The summed E-state index contributed by atoms with van der Waals surface area (Å²) in [5.41, 5.74) is 0. The van der Waals surface area contributed by atoms with Crippen molar-refractivity contribution in [2.75, 3.05) is 13.1 Å². The quantitative estimate of drug-likeness (QED) is 0.450. The van der Waals surface area contributed by atoms with Crippen LogP contribution in [0, 0.1) is 5.92 Å². The Morgan fingerprint density at radius 1 is 1.55 bits per heavy atom. The Hall–Kier alpha value is 0.890. The summed E-state index contributed by atoms with van der Waals surface area (Å²) in [6.07, 6.45) is 1.69. The van der Waals surface area contributed by atoms with Crippen LogP contribution < -0.4 is 17.5 Å². The van der Waals surface area contributed by atoms with Gasteiger partial charge >= 0.3 is 87.0 Å². The minimum absolute atomic E-state index is 0.0711. The van der Waals surface area contributed by atoms with Gasteiger partial charge in [0.25, 0.3) is 0 Å². The van der Waals surface area contributed by atoms with Crippen LogP contribution in [0.2, 0.25) is 0 Å². The van der Waals surface area contributed by atoms with Crippen LogP contribution in [0.4, 0.5) is 0 Å². The molecular formula is C6H10I2NO2-. The molecule has 0 aromatic rings. The van der Waals surface area contributed by atoms with Crippen LogP contribution in [-0.4, -0.2) is 27.3 Å². The van der Waals surface area contributed by atoms with Gasteiger partial charge in [-0.05, 0) is 0 Å². The van der Waals surface area contributed by atoms with Crippen molar-refractivity contribution >= 4 is 24.6 Å². The molecule has 0 atom stereocenters. The van der Waals surface area contributed by atoms with E-state index in [1.165, 1.54) is 0 Å². The fourth-order valence-corrected chi connectivity index (χ4v) is 4.53. The number of halogens is 2. The Kier molecular flexibility index (Phi) is 4.36. The van der Waals surface area contributed by atoms with Crippen molar-refractivity contribution < 1.29 is 27.4 Å². The van der Waals surface area contributed by atoms with E-state index in [-0.39, 0.29) is 23.4 Å². The van der Waals surface area contributed by atoms with Crippen molar-refractivity contribution in [2.45, 2.75) is 12.8 Å². The topological polar surface area (TPSA) is 40.5 Å². The molecule has 0 amide bonds. The molecule has 0 spiro atoms. The van der Waals surface area contributed by atoms with E-state index in [2.05, 4.69) is 21.7 Å². The van der Waals surface area contributed by atoms with Crippen molar-refractivity contribution in [2.24, 2.45) is 5.92 Å². The Morgan fingerprint density at radius 3 is 2.45 bits per heavy atom. The number of carbonyl (C=O) groups is 1. The average Bonchev–Trinajstić information content (AvgIpc) is 2.05. The molecule has 1 aliphatic heterocycles. The molecule has 0 saturated carbocycles. The Labute approximate surface area is 86.3 Å². The van der Waals surface area contributed by atoms with E-state index in [0.717, 1.165) is 25.9 Å². The van der Waals surface area contributed by atoms with E-state index in [0.29, 0.717) is 0 Å².